The van der Waals surface area contributed by atoms with Crippen LogP contribution in [0, 0.1) is 10.8 Å². The predicted octanol–water partition coefficient (Wildman–Crippen LogP) is 1.50. The Hall–Kier alpha value is -2.05. The molecule has 0 aromatic rings. The first-order chi connectivity index (χ1) is 8.95. The number of aliphatic carboxylic acids is 2. The van der Waals surface area contributed by atoms with Crippen LogP contribution in [0.1, 0.15) is 27.2 Å². The Kier molecular flexibility index (Phi) is 3.85. The Balaban J connectivity index is 3.58. The molecule has 0 bridgehead atoms. The van der Waals surface area contributed by atoms with E-state index in [1.165, 1.54) is 0 Å². The number of hydrogen-bond donors (Lipinski definition) is 3. The summed E-state index contributed by atoms with van der Waals surface area (Å²) in [7, 11) is 0. The van der Waals surface area contributed by atoms with Gasteiger partial charge in [-0.2, -0.15) is 0 Å². The van der Waals surface area contributed by atoms with Crippen LogP contribution in [0.3, 0.4) is 0 Å². The van der Waals surface area contributed by atoms with Crippen LogP contribution in [0.2, 0.25) is 0 Å². The van der Waals surface area contributed by atoms with Gasteiger partial charge in [-0.3, -0.25) is 9.69 Å². The molecule has 0 aromatic carbocycles. The maximum atomic E-state index is 11.8. The van der Waals surface area contributed by atoms with Gasteiger partial charge in [0.05, 0.1) is 0 Å². The second kappa shape index (κ2) is 4.81. The highest BCUT2D eigenvalue weighted by Crippen LogP contribution is 2.50. The quantitative estimate of drug-likeness (QED) is 0.662. The van der Waals surface area contributed by atoms with Crippen molar-refractivity contribution in [3.63, 3.8) is 0 Å². The first kappa shape index (κ1) is 16.0. The van der Waals surface area contributed by atoms with Gasteiger partial charge in [0, 0.05) is 6.54 Å². The fourth-order valence-electron chi connectivity index (χ4n) is 2.86. The first-order valence-corrected chi connectivity index (χ1v) is 6.07. The Morgan fingerprint density at radius 2 is 1.75 bits per heavy atom. The first-order valence-electron chi connectivity index (χ1n) is 6.07. The third-order valence-corrected chi connectivity index (χ3v) is 3.90. The highest BCUT2D eigenvalue weighted by Gasteiger charge is 2.62. The van der Waals surface area contributed by atoms with E-state index in [2.05, 4.69) is 6.58 Å². The third-order valence-electron chi connectivity index (χ3n) is 3.90. The fraction of sp³-hybridized carbons (Fsp3) is 0.615. The van der Waals surface area contributed by atoms with Gasteiger partial charge in [0.25, 0.3) is 0 Å². The van der Waals surface area contributed by atoms with Crippen molar-refractivity contribution in [1.82, 2.24) is 4.90 Å². The van der Waals surface area contributed by atoms with Crippen LogP contribution >= 0.6 is 0 Å². The summed E-state index contributed by atoms with van der Waals surface area (Å²) in [6, 6.07) is -1.65. The zero-order valence-electron chi connectivity index (χ0n) is 11.7. The molecule has 0 radical (unpaired) electrons. The largest absolute Gasteiger partial charge is 0.481 e. The van der Waals surface area contributed by atoms with Crippen molar-refractivity contribution in [2.45, 2.75) is 33.2 Å². The number of carboxylic acid groups (broad SMARTS) is 3. The number of rotatable bonds is 2. The number of nitrogens with zero attached hydrogens (tertiary/aromatic N) is 1. The highest BCUT2D eigenvalue weighted by atomic mass is 16.4. The molecule has 1 amide bonds. The van der Waals surface area contributed by atoms with Gasteiger partial charge in [0.15, 0.2) is 0 Å². The normalized spacial score (nSPS) is 27.2. The SMILES string of the molecule is C=C1CN(C(=O)O)[C@H](C(=O)O)[C@@](C(=O)O)(C(C)(C)C)C1. The Morgan fingerprint density at radius 1 is 1.25 bits per heavy atom. The molecule has 7 heteroatoms. The molecular weight excluding hydrogens is 266 g/mol. The molecule has 112 valence electrons. The standard InChI is InChI=1S/C13H19NO6/c1-7-5-13(10(17)18,12(2,3)4)8(9(15)16)14(6-7)11(19)20/h8H,1,5-6H2,2-4H3,(H,15,16)(H,17,18)(H,19,20)/t8-,13+/m1/s1. The van der Waals surface area contributed by atoms with Crippen molar-refractivity contribution in [3.8, 4) is 0 Å². The summed E-state index contributed by atoms with van der Waals surface area (Å²) in [5.74, 6) is -2.79. The van der Waals surface area contributed by atoms with Gasteiger partial charge in [-0.25, -0.2) is 9.59 Å². The molecular formula is C13H19NO6. The molecule has 20 heavy (non-hydrogen) atoms. The number of piperidine rings is 1. The van der Waals surface area contributed by atoms with Crippen molar-refractivity contribution < 1.29 is 29.7 Å². The molecule has 7 nitrogen and oxygen atoms in total. The molecule has 3 N–H and O–H groups in total. The minimum absolute atomic E-state index is 0.0629. The maximum Gasteiger partial charge on any atom is 0.408 e. The van der Waals surface area contributed by atoms with Crippen LogP contribution in [-0.2, 0) is 9.59 Å². The average molecular weight is 285 g/mol. The highest BCUT2D eigenvalue weighted by molar-refractivity contribution is 5.90. The van der Waals surface area contributed by atoms with Gasteiger partial charge < -0.3 is 15.3 Å². The Labute approximate surface area is 116 Å². The summed E-state index contributed by atoms with van der Waals surface area (Å²) >= 11 is 0. The monoisotopic (exact) mass is 285 g/mol. The van der Waals surface area contributed by atoms with E-state index in [1.807, 2.05) is 0 Å². The van der Waals surface area contributed by atoms with Gasteiger partial charge in [-0.1, -0.05) is 32.9 Å². The molecule has 0 aromatic heterocycles. The second-order valence-electron chi connectivity index (χ2n) is 6.10. The summed E-state index contributed by atoms with van der Waals surface area (Å²) in [6.07, 6.45) is -1.53. The molecule has 1 aliphatic heterocycles. The molecule has 1 aliphatic rings. The fourth-order valence-corrected chi connectivity index (χ4v) is 2.86. The Morgan fingerprint density at radius 3 is 2.05 bits per heavy atom. The molecule has 0 unspecified atom stereocenters. The molecule has 1 fully saturated rings. The zero-order valence-corrected chi connectivity index (χ0v) is 11.7. The van der Waals surface area contributed by atoms with E-state index < -0.39 is 34.9 Å². The lowest BCUT2D eigenvalue weighted by Gasteiger charge is -2.51. The van der Waals surface area contributed by atoms with Crippen LogP contribution in [-0.4, -0.2) is 50.8 Å². The molecule has 1 heterocycles. The molecule has 1 rings (SSSR count). The van der Waals surface area contributed by atoms with Gasteiger partial charge in [-0.15, -0.1) is 0 Å². The lowest BCUT2D eigenvalue weighted by molar-refractivity contribution is -0.175. The van der Waals surface area contributed by atoms with Gasteiger partial charge in [-0.05, 0) is 11.8 Å². The van der Waals surface area contributed by atoms with Crippen molar-refractivity contribution in [3.05, 3.63) is 12.2 Å². The van der Waals surface area contributed by atoms with E-state index in [0.29, 0.717) is 10.5 Å². The van der Waals surface area contributed by atoms with Crippen molar-refractivity contribution in [2.24, 2.45) is 10.8 Å². The van der Waals surface area contributed by atoms with E-state index in [9.17, 15) is 29.7 Å². The summed E-state index contributed by atoms with van der Waals surface area (Å²) in [5, 5.41) is 28.2. The number of carboxylic acids is 2. The second-order valence-corrected chi connectivity index (χ2v) is 6.10. The zero-order chi connectivity index (χ0) is 15.9. The lowest BCUT2D eigenvalue weighted by Crippen LogP contribution is -2.65. The Bertz CT molecular complexity index is 478. The lowest BCUT2D eigenvalue weighted by atomic mass is 9.57. The number of carbonyl (C=O) groups is 3. The van der Waals surface area contributed by atoms with E-state index >= 15 is 0 Å². The predicted molar refractivity (Wildman–Crippen MR) is 69.4 cm³/mol. The third kappa shape index (κ3) is 2.23. The van der Waals surface area contributed by atoms with Crippen molar-refractivity contribution >= 4 is 18.0 Å². The molecule has 0 saturated carbocycles. The van der Waals surface area contributed by atoms with Crippen LogP contribution in [0.4, 0.5) is 4.79 Å². The number of hydrogen-bond acceptors (Lipinski definition) is 3. The number of amides is 1. The van der Waals surface area contributed by atoms with E-state index in [0.717, 1.165) is 0 Å². The van der Waals surface area contributed by atoms with Crippen LogP contribution in [0.15, 0.2) is 12.2 Å². The average Bonchev–Trinajstić information content (AvgIpc) is 2.24. The maximum absolute atomic E-state index is 11.8. The van der Waals surface area contributed by atoms with Crippen molar-refractivity contribution in [2.75, 3.05) is 6.54 Å². The summed E-state index contributed by atoms with van der Waals surface area (Å²) < 4.78 is 0. The van der Waals surface area contributed by atoms with Crippen molar-refractivity contribution in [1.29, 1.82) is 0 Å². The minimum atomic E-state index is -1.76. The summed E-state index contributed by atoms with van der Waals surface area (Å²) in [4.78, 5) is 35.3. The minimum Gasteiger partial charge on any atom is -0.481 e. The van der Waals surface area contributed by atoms with Gasteiger partial charge in [0.1, 0.15) is 11.5 Å². The van der Waals surface area contributed by atoms with Gasteiger partial charge in [0.2, 0.25) is 0 Å². The smallest absolute Gasteiger partial charge is 0.408 e. The van der Waals surface area contributed by atoms with E-state index in [-0.39, 0.29) is 13.0 Å². The number of likely N-dealkylation sites (tertiary alicyclic amines) is 1. The molecule has 2 atom stereocenters. The van der Waals surface area contributed by atoms with Crippen LogP contribution in [0.25, 0.3) is 0 Å². The van der Waals surface area contributed by atoms with Crippen LogP contribution < -0.4 is 0 Å². The van der Waals surface area contributed by atoms with E-state index in [4.69, 9.17) is 0 Å². The molecule has 0 aliphatic carbocycles. The topological polar surface area (TPSA) is 115 Å². The molecule has 1 saturated heterocycles. The van der Waals surface area contributed by atoms with Gasteiger partial charge >= 0.3 is 18.0 Å². The summed E-state index contributed by atoms with van der Waals surface area (Å²) in [6.45, 7) is 8.28. The van der Waals surface area contributed by atoms with Crippen LogP contribution in [0.5, 0.6) is 0 Å². The van der Waals surface area contributed by atoms with E-state index in [1.54, 1.807) is 20.8 Å². The molecule has 0 spiro atoms. The summed E-state index contributed by atoms with van der Waals surface area (Å²) in [5.41, 5.74) is -2.33.